The number of nitrogens with zero attached hydrogens (tertiary/aromatic N) is 2. The van der Waals surface area contributed by atoms with Crippen molar-refractivity contribution in [2.75, 3.05) is 0 Å². The van der Waals surface area contributed by atoms with Crippen LogP contribution in [0.5, 0.6) is 0 Å². The Hall–Kier alpha value is -3.40. The van der Waals surface area contributed by atoms with Crippen LogP contribution in [-0.2, 0) is 17.8 Å². The van der Waals surface area contributed by atoms with Gasteiger partial charge in [-0.2, -0.15) is 0 Å². The van der Waals surface area contributed by atoms with Gasteiger partial charge in [-0.3, -0.25) is 4.79 Å². The molecule has 0 aliphatic heterocycles. The van der Waals surface area contributed by atoms with Gasteiger partial charge in [-0.05, 0) is 38.3 Å². The zero-order valence-corrected chi connectivity index (χ0v) is 22.0. The van der Waals surface area contributed by atoms with Gasteiger partial charge in [-0.25, -0.2) is 14.8 Å². The first-order valence-corrected chi connectivity index (χ1v) is 13.2. The summed E-state index contributed by atoms with van der Waals surface area (Å²) in [5.41, 5.74) is 9.03. The summed E-state index contributed by atoms with van der Waals surface area (Å²) >= 11 is 2.57. The topological polar surface area (TPSA) is 107 Å². The fraction of sp³-hybridized carbons (Fsp3) is 0.259. The number of aromatic nitrogens is 2. The van der Waals surface area contributed by atoms with E-state index >= 15 is 0 Å². The Labute approximate surface area is 218 Å². The summed E-state index contributed by atoms with van der Waals surface area (Å²) in [4.78, 5) is 36.5. The smallest absolute Gasteiger partial charge is 0.350 e. The van der Waals surface area contributed by atoms with Crippen LogP contribution in [0.3, 0.4) is 0 Å². The third-order valence-corrected chi connectivity index (χ3v) is 7.43. The molecule has 2 aromatic heterocycles. The number of esters is 1. The van der Waals surface area contributed by atoms with E-state index in [1.807, 2.05) is 74.5 Å². The summed E-state index contributed by atoms with van der Waals surface area (Å²) in [6, 6.07) is 18.4. The lowest BCUT2D eigenvalue weighted by Crippen LogP contribution is -2.32. The molecule has 0 radical (unpaired) electrons. The Morgan fingerprint density at radius 2 is 1.44 bits per heavy atom. The summed E-state index contributed by atoms with van der Waals surface area (Å²) in [7, 11) is 0. The molecule has 2 atom stereocenters. The van der Waals surface area contributed by atoms with E-state index in [4.69, 9.17) is 10.5 Å². The average molecular weight is 521 g/mol. The molecule has 0 aliphatic carbocycles. The van der Waals surface area contributed by atoms with Gasteiger partial charge < -0.3 is 15.8 Å². The van der Waals surface area contributed by atoms with Crippen LogP contribution in [-0.4, -0.2) is 21.8 Å². The molecule has 4 rings (SSSR count). The van der Waals surface area contributed by atoms with E-state index in [0.717, 1.165) is 16.1 Å². The molecule has 0 spiro atoms. The molecule has 9 heteroatoms. The van der Waals surface area contributed by atoms with Crippen molar-refractivity contribution in [2.24, 2.45) is 5.73 Å². The molecule has 4 aromatic rings. The number of carbonyl (C=O) groups is 2. The van der Waals surface area contributed by atoms with E-state index in [1.54, 1.807) is 6.92 Å². The second-order valence-electron chi connectivity index (χ2n) is 8.46. The summed E-state index contributed by atoms with van der Waals surface area (Å²) < 4.78 is 5.61. The summed E-state index contributed by atoms with van der Waals surface area (Å²) in [6.45, 7) is 5.64. The first-order chi connectivity index (χ1) is 17.3. The van der Waals surface area contributed by atoms with Crippen LogP contribution in [0.1, 0.15) is 70.9 Å². The first kappa shape index (κ1) is 25.7. The Bertz CT molecular complexity index is 1330. The van der Waals surface area contributed by atoms with Crippen molar-refractivity contribution >= 4 is 34.6 Å². The third kappa shape index (κ3) is 6.23. The van der Waals surface area contributed by atoms with Crippen LogP contribution in [0.15, 0.2) is 60.7 Å². The van der Waals surface area contributed by atoms with E-state index in [0.29, 0.717) is 32.6 Å². The highest BCUT2D eigenvalue weighted by atomic mass is 32.1. The number of hydrogen-bond acceptors (Lipinski definition) is 8. The highest BCUT2D eigenvalue weighted by Gasteiger charge is 2.29. The Kier molecular flexibility index (Phi) is 8.25. The Morgan fingerprint density at radius 1 is 0.889 bits per heavy atom. The maximum absolute atomic E-state index is 13.4. The fourth-order valence-corrected chi connectivity index (χ4v) is 5.62. The zero-order chi connectivity index (χ0) is 25.7. The molecule has 0 unspecified atom stereocenters. The predicted octanol–water partition coefficient (Wildman–Crippen LogP) is 5.31. The molecule has 0 saturated carbocycles. The number of aryl methyl sites for hydroxylation is 2. The average Bonchev–Trinajstić information content (AvgIpc) is 3.46. The molecule has 0 aliphatic rings. The molecular formula is C27H28N4O3S2. The van der Waals surface area contributed by atoms with Gasteiger partial charge in [-0.15, -0.1) is 22.7 Å². The van der Waals surface area contributed by atoms with E-state index in [-0.39, 0.29) is 18.6 Å². The summed E-state index contributed by atoms with van der Waals surface area (Å²) in [5.74, 6) is -0.750. The third-order valence-electron chi connectivity index (χ3n) is 5.47. The number of amides is 1. The fourth-order valence-electron chi connectivity index (χ4n) is 3.82. The molecule has 0 bridgehead atoms. The van der Waals surface area contributed by atoms with Crippen LogP contribution >= 0.6 is 22.7 Å². The Morgan fingerprint density at radius 3 is 2.06 bits per heavy atom. The van der Waals surface area contributed by atoms with E-state index in [1.165, 1.54) is 22.7 Å². The van der Waals surface area contributed by atoms with Gasteiger partial charge in [-0.1, -0.05) is 60.7 Å². The van der Waals surface area contributed by atoms with Crippen molar-refractivity contribution in [1.29, 1.82) is 0 Å². The van der Waals surface area contributed by atoms with Crippen LogP contribution < -0.4 is 11.1 Å². The number of rotatable bonds is 9. The van der Waals surface area contributed by atoms with Gasteiger partial charge in [0.05, 0.1) is 27.4 Å². The molecule has 2 heterocycles. The van der Waals surface area contributed by atoms with Gasteiger partial charge >= 0.3 is 5.97 Å². The van der Waals surface area contributed by atoms with Gasteiger partial charge in [0.1, 0.15) is 16.4 Å². The highest BCUT2D eigenvalue weighted by Crippen LogP contribution is 2.29. The monoisotopic (exact) mass is 520 g/mol. The first-order valence-electron chi connectivity index (χ1n) is 11.6. The van der Waals surface area contributed by atoms with Gasteiger partial charge in [0.15, 0.2) is 0 Å². The van der Waals surface area contributed by atoms with Crippen molar-refractivity contribution in [3.8, 4) is 0 Å². The lowest BCUT2D eigenvalue weighted by Gasteiger charge is -2.19. The van der Waals surface area contributed by atoms with Gasteiger partial charge in [0.25, 0.3) is 5.91 Å². The largest absolute Gasteiger partial charge is 0.457 e. The minimum Gasteiger partial charge on any atom is -0.457 e. The molecule has 2 aromatic carbocycles. The second kappa shape index (κ2) is 11.6. The van der Waals surface area contributed by atoms with Crippen molar-refractivity contribution in [3.05, 3.63) is 103 Å². The van der Waals surface area contributed by atoms with Gasteiger partial charge in [0.2, 0.25) is 0 Å². The summed E-state index contributed by atoms with van der Waals surface area (Å²) in [5, 5.41) is 4.58. The molecule has 3 N–H and O–H groups in total. The highest BCUT2D eigenvalue weighted by molar-refractivity contribution is 7.14. The summed E-state index contributed by atoms with van der Waals surface area (Å²) in [6.07, 6.45) is 0.458. The predicted molar refractivity (Wildman–Crippen MR) is 142 cm³/mol. The van der Waals surface area contributed by atoms with E-state index in [2.05, 4.69) is 15.3 Å². The SMILES string of the molecule is Cc1nc([C@H](C)N)c(C(=O)N[C@@H](Cc2ccccc2)c2nc(C)sc2C(=O)OCc2ccccc2)s1. The van der Waals surface area contributed by atoms with Crippen molar-refractivity contribution in [1.82, 2.24) is 15.3 Å². The molecule has 0 fully saturated rings. The van der Waals surface area contributed by atoms with E-state index in [9.17, 15) is 9.59 Å². The normalized spacial score (nSPS) is 12.7. The zero-order valence-electron chi connectivity index (χ0n) is 20.4. The van der Waals surface area contributed by atoms with Crippen molar-refractivity contribution in [3.63, 3.8) is 0 Å². The molecule has 186 valence electrons. The standard InChI is InChI=1S/C27H28N4O3S2/c1-16(28)22-24(35-17(2)29-22)26(32)31-21(14-19-10-6-4-7-11-19)23-25(36-18(3)30-23)27(33)34-15-20-12-8-5-9-13-20/h4-13,16,21H,14-15,28H2,1-3H3,(H,31,32)/t16-,21-/m0/s1. The molecule has 7 nitrogen and oxygen atoms in total. The van der Waals surface area contributed by atoms with E-state index < -0.39 is 12.0 Å². The van der Waals surface area contributed by atoms with Crippen LogP contribution in [0.25, 0.3) is 0 Å². The lowest BCUT2D eigenvalue weighted by molar-refractivity contribution is 0.0475. The number of hydrogen-bond donors (Lipinski definition) is 2. The number of nitrogens with one attached hydrogen (secondary N) is 1. The second-order valence-corrected chi connectivity index (χ2v) is 10.9. The van der Waals surface area contributed by atoms with Crippen molar-refractivity contribution in [2.45, 2.75) is 45.9 Å². The minimum absolute atomic E-state index is 0.156. The number of thiazole rings is 2. The number of ether oxygens (including phenoxy) is 1. The molecule has 36 heavy (non-hydrogen) atoms. The molecule has 1 amide bonds. The maximum atomic E-state index is 13.4. The van der Waals surface area contributed by atoms with Crippen LogP contribution in [0.2, 0.25) is 0 Å². The Balaban J connectivity index is 1.64. The quantitative estimate of drug-likeness (QED) is 0.290. The van der Waals surface area contributed by atoms with Crippen LogP contribution in [0.4, 0.5) is 0 Å². The van der Waals surface area contributed by atoms with Gasteiger partial charge in [0, 0.05) is 6.04 Å². The van der Waals surface area contributed by atoms with Crippen LogP contribution in [0, 0.1) is 13.8 Å². The lowest BCUT2D eigenvalue weighted by atomic mass is 10.0. The molecular weight excluding hydrogens is 492 g/mol. The number of nitrogens with two attached hydrogens (primary N) is 1. The number of carbonyl (C=O) groups excluding carboxylic acids is 2. The maximum Gasteiger partial charge on any atom is 0.350 e. The number of benzene rings is 2. The van der Waals surface area contributed by atoms with Crippen molar-refractivity contribution < 1.29 is 14.3 Å². The molecule has 0 saturated heterocycles. The minimum atomic E-state index is -0.549.